The summed E-state index contributed by atoms with van der Waals surface area (Å²) in [4.78, 5) is 17.3. The number of Topliss-reactive ketones (excluding diaryl/α,β-unsaturated/α-hetero) is 1. The largest absolute Gasteiger partial charge is 0.450 e. The van der Waals surface area contributed by atoms with E-state index in [-0.39, 0.29) is 41.6 Å². The number of carbonyl (C=O) groups is 1. The molecule has 0 amide bonds. The van der Waals surface area contributed by atoms with Crippen molar-refractivity contribution in [1.29, 1.82) is 5.26 Å². The maximum Gasteiger partial charge on any atom is 0.198 e. The highest BCUT2D eigenvalue weighted by Crippen LogP contribution is 2.42. The predicted molar refractivity (Wildman–Crippen MR) is 181 cm³/mol. The van der Waals surface area contributed by atoms with Gasteiger partial charge in [-0.15, -0.1) is 0 Å². The van der Waals surface area contributed by atoms with Crippen LogP contribution in [0.3, 0.4) is 0 Å². The van der Waals surface area contributed by atoms with E-state index in [1.807, 2.05) is 36.7 Å². The molecule has 3 heterocycles. The topological polar surface area (TPSA) is 86.4 Å². The lowest BCUT2D eigenvalue weighted by molar-refractivity contribution is -0.125. The fraction of sp³-hybridized carbons (Fsp3) is 0.432. The van der Waals surface area contributed by atoms with Gasteiger partial charge in [0, 0.05) is 50.9 Å². The molecule has 47 heavy (non-hydrogen) atoms. The number of halogens is 2. The summed E-state index contributed by atoms with van der Waals surface area (Å²) in [6.45, 7) is 15.1. The van der Waals surface area contributed by atoms with Crippen LogP contribution in [0, 0.1) is 28.4 Å². The Hall–Kier alpha value is -3.91. The van der Waals surface area contributed by atoms with Crippen molar-refractivity contribution in [3.63, 3.8) is 0 Å². The summed E-state index contributed by atoms with van der Waals surface area (Å²) in [5.41, 5.74) is 3.89. The average molecular weight is 660 g/mol. The van der Waals surface area contributed by atoms with Gasteiger partial charge in [-0.1, -0.05) is 46.5 Å². The Morgan fingerprint density at radius 2 is 1.85 bits per heavy atom. The minimum absolute atomic E-state index is 0.00860. The van der Waals surface area contributed by atoms with Crippen LogP contribution in [0.25, 0.3) is 22.2 Å². The monoisotopic (exact) mass is 659 g/mol. The molecule has 10 heteroatoms. The zero-order valence-electron chi connectivity index (χ0n) is 28.1. The molecule has 248 valence electrons. The first kappa shape index (κ1) is 34.4. The second-order valence-electron chi connectivity index (χ2n) is 14.4. The van der Waals surface area contributed by atoms with Gasteiger partial charge in [0.2, 0.25) is 0 Å². The van der Waals surface area contributed by atoms with Crippen molar-refractivity contribution >= 4 is 24.9 Å². The summed E-state index contributed by atoms with van der Waals surface area (Å²) >= 11 is 0. The van der Waals surface area contributed by atoms with Crippen LogP contribution in [-0.4, -0.2) is 43.2 Å². The molecule has 5 rings (SSSR count). The molecule has 0 saturated carbocycles. The molecule has 0 spiro atoms. The Bertz CT molecular complexity index is 1800. The van der Waals surface area contributed by atoms with E-state index in [0.29, 0.717) is 49.3 Å². The fourth-order valence-corrected chi connectivity index (χ4v) is 6.50. The van der Waals surface area contributed by atoms with E-state index in [1.54, 1.807) is 18.3 Å². The van der Waals surface area contributed by atoms with Crippen LogP contribution in [-0.2, 0) is 27.4 Å². The second-order valence-corrected chi connectivity index (χ2v) is 20.1. The van der Waals surface area contributed by atoms with Gasteiger partial charge in [0.15, 0.2) is 17.4 Å². The molecule has 1 aliphatic rings. The molecule has 1 aliphatic heterocycles. The number of fused-ring (bicyclic) bond motifs is 1. The fourth-order valence-electron chi connectivity index (χ4n) is 5.74. The molecule has 0 radical (unpaired) electrons. The number of benzene rings is 2. The minimum atomic E-state index is -1.30. The molecule has 0 unspecified atom stereocenters. The number of nitrogens with zero attached hydrogens (tertiary/aromatic N) is 3. The highest BCUT2D eigenvalue weighted by molar-refractivity contribution is 6.76. The molecule has 7 nitrogen and oxygen atoms in total. The van der Waals surface area contributed by atoms with E-state index < -0.39 is 25.5 Å². The van der Waals surface area contributed by atoms with Crippen LogP contribution in [0.1, 0.15) is 56.2 Å². The Labute approximate surface area is 276 Å². The zero-order valence-corrected chi connectivity index (χ0v) is 29.1. The van der Waals surface area contributed by atoms with E-state index in [4.69, 9.17) is 14.2 Å². The summed E-state index contributed by atoms with van der Waals surface area (Å²) in [6, 6.07) is 12.6. The van der Waals surface area contributed by atoms with Gasteiger partial charge in [0.25, 0.3) is 0 Å². The Balaban J connectivity index is 1.49. The number of ether oxygens (including phenoxy) is 3. The molecule has 0 atom stereocenters. The van der Waals surface area contributed by atoms with Crippen molar-refractivity contribution in [3.8, 4) is 28.7 Å². The van der Waals surface area contributed by atoms with Gasteiger partial charge >= 0.3 is 0 Å². The SMILES string of the molecule is CC(C)c1cc(C#N)ccc1-c1cn(COCC[Si](C)(C)C)c2nccc(Oc3c(F)cc(CC(=O)CCC4(C)COC4)cc3F)c12. The molecule has 0 aliphatic carbocycles. The van der Waals surface area contributed by atoms with Crippen molar-refractivity contribution in [2.24, 2.45) is 5.41 Å². The number of hydrogen-bond donors (Lipinski definition) is 0. The van der Waals surface area contributed by atoms with Crippen LogP contribution < -0.4 is 4.74 Å². The maximum atomic E-state index is 15.5. The van der Waals surface area contributed by atoms with Crippen molar-refractivity contribution in [2.75, 3.05) is 19.8 Å². The summed E-state index contributed by atoms with van der Waals surface area (Å²) in [6.07, 6.45) is 4.40. The number of ketones is 1. The number of pyridine rings is 1. The summed E-state index contributed by atoms with van der Waals surface area (Å²) in [5, 5.41) is 10.1. The molecular weight excluding hydrogens is 617 g/mol. The Kier molecular flexibility index (Phi) is 10.3. The molecule has 1 saturated heterocycles. The third-order valence-electron chi connectivity index (χ3n) is 8.62. The third-order valence-corrected chi connectivity index (χ3v) is 10.3. The summed E-state index contributed by atoms with van der Waals surface area (Å²) in [7, 11) is -1.30. The van der Waals surface area contributed by atoms with Gasteiger partial charge in [0.1, 0.15) is 23.9 Å². The first-order valence-corrected chi connectivity index (χ1v) is 19.8. The summed E-state index contributed by atoms with van der Waals surface area (Å²) in [5.74, 6) is -2.11. The molecule has 0 bridgehead atoms. The highest BCUT2D eigenvalue weighted by atomic mass is 28.3. The average Bonchev–Trinajstić information content (AvgIpc) is 3.37. The number of aromatic nitrogens is 2. The van der Waals surface area contributed by atoms with Crippen LogP contribution in [0.2, 0.25) is 25.7 Å². The van der Waals surface area contributed by atoms with E-state index in [1.165, 1.54) is 12.1 Å². The second kappa shape index (κ2) is 14.1. The standard InChI is InChI=1S/C37H43F2N3O4Si/c1-24(2)29-16-25(19-40)7-8-28(29)30-20-42(23-44-13-14-47(4,5)6)36-34(30)33(10-12-41-36)46-35-31(38)17-26(18-32(35)39)15-27(43)9-11-37(3)21-45-22-37/h7-8,10,12,16-18,20,24H,9,11,13-15,21-23H2,1-6H3. The van der Waals surface area contributed by atoms with Crippen molar-refractivity contribution in [3.05, 3.63) is 77.1 Å². The Morgan fingerprint density at radius 1 is 1.13 bits per heavy atom. The number of hydrogen-bond acceptors (Lipinski definition) is 6. The smallest absolute Gasteiger partial charge is 0.198 e. The van der Waals surface area contributed by atoms with Gasteiger partial charge in [-0.05, 0) is 65.4 Å². The molecule has 2 aromatic heterocycles. The first-order valence-electron chi connectivity index (χ1n) is 16.1. The lowest BCUT2D eigenvalue weighted by Gasteiger charge is -2.37. The molecule has 1 fully saturated rings. The number of carbonyl (C=O) groups excluding carboxylic acids is 1. The van der Waals surface area contributed by atoms with Crippen molar-refractivity contribution in [1.82, 2.24) is 9.55 Å². The van der Waals surface area contributed by atoms with E-state index in [0.717, 1.165) is 22.7 Å². The molecule has 2 aromatic carbocycles. The number of rotatable bonds is 14. The van der Waals surface area contributed by atoms with E-state index >= 15 is 8.78 Å². The lowest BCUT2D eigenvalue weighted by atomic mass is 9.82. The van der Waals surface area contributed by atoms with Crippen LogP contribution in [0.5, 0.6) is 11.5 Å². The molecule has 0 N–H and O–H groups in total. The predicted octanol–water partition coefficient (Wildman–Crippen LogP) is 9.01. The summed E-state index contributed by atoms with van der Waals surface area (Å²) < 4.78 is 50.3. The maximum absolute atomic E-state index is 15.5. The van der Waals surface area contributed by atoms with Crippen molar-refractivity contribution in [2.45, 2.75) is 78.4 Å². The van der Waals surface area contributed by atoms with Crippen molar-refractivity contribution < 1.29 is 27.8 Å². The van der Waals surface area contributed by atoms with E-state index in [9.17, 15) is 10.1 Å². The molecule has 4 aromatic rings. The van der Waals surface area contributed by atoms with Gasteiger partial charge in [-0.3, -0.25) is 4.79 Å². The number of nitriles is 1. The van der Waals surface area contributed by atoms with Gasteiger partial charge in [-0.25, -0.2) is 13.8 Å². The highest BCUT2D eigenvalue weighted by Gasteiger charge is 2.33. The zero-order chi connectivity index (χ0) is 33.9. The molecular formula is C37H43F2N3O4Si. The third kappa shape index (κ3) is 8.15. The Morgan fingerprint density at radius 3 is 2.47 bits per heavy atom. The quantitative estimate of drug-likeness (QED) is 0.0992. The van der Waals surface area contributed by atoms with Gasteiger partial charge in [0.05, 0.1) is 30.2 Å². The minimum Gasteiger partial charge on any atom is -0.450 e. The van der Waals surface area contributed by atoms with Crippen LogP contribution in [0.4, 0.5) is 8.78 Å². The van der Waals surface area contributed by atoms with Gasteiger partial charge in [-0.2, -0.15) is 5.26 Å². The first-order chi connectivity index (χ1) is 22.3. The van der Waals surface area contributed by atoms with E-state index in [2.05, 4.69) is 37.6 Å². The van der Waals surface area contributed by atoms with Crippen LogP contribution in [0.15, 0.2) is 48.8 Å². The normalized spacial score (nSPS) is 14.3. The van der Waals surface area contributed by atoms with Crippen LogP contribution >= 0.6 is 0 Å². The van der Waals surface area contributed by atoms with Gasteiger partial charge < -0.3 is 18.8 Å². The lowest BCUT2D eigenvalue weighted by Crippen LogP contribution is -2.40.